The second-order valence-electron chi connectivity index (χ2n) is 4.10. The Morgan fingerprint density at radius 1 is 0.864 bits per heavy atom. The molecule has 0 saturated heterocycles. The van der Waals surface area contributed by atoms with E-state index in [0.29, 0.717) is 5.69 Å². The number of nitrogens with one attached hydrogen (secondary N) is 1. The van der Waals surface area contributed by atoms with E-state index < -0.39 is 0 Å². The summed E-state index contributed by atoms with van der Waals surface area (Å²) in [7, 11) is 0. The summed E-state index contributed by atoms with van der Waals surface area (Å²) >= 11 is 29.7. The molecule has 2 aromatic carbocycles. The molecule has 0 aromatic heterocycles. The number of carbonyl (C=O) groups is 1. The van der Waals surface area contributed by atoms with Gasteiger partial charge in [-0.1, -0.05) is 76.2 Å². The largest absolute Gasteiger partial charge is 0.481 e. The first kappa shape index (κ1) is 17.5. The molecule has 0 unspecified atom stereocenters. The quantitative estimate of drug-likeness (QED) is 0.508. The third kappa shape index (κ3) is 3.92. The van der Waals surface area contributed by atoms with Crippen LogP contribution in [0.15, 0.2) is 30.3 Å². The van der Waals surface area contributed by atoms with Gasteiger partial charge in [0.05, 0.1) is 15.1 Å². The molecule has 0 aliphatic carbocycles. The molecule has 1 N–H and O–H groups in total. The Morgan fingerprint density at radius 2 is 1.36 bits per heavy atom. The first-order chi connectivity index (χ1) is 10.4. The third-order valence-corrected chi connectivity index (χ3v) is 4.82. The summed E-state index contributed by atoms with van der Waals surface area (Å²) in [6, 6.07) is 8.91. The molecule has 0 fully saturated rings. The molecule has 8 heteroatoms. The Bertz CT molecular complexity index is 677. The first-order valence-electron chi connectivity index (χ1n) is 5.91. The van der Waals surface area contributed by atoms with Crippen LogP contribution in [0, 0.1) is 0 Å². The maximum absolute atomic E-state index is 11.8. The SMILES string of the molecule is O=C(COc1c(Cl)c(Cl)c(Cl)c(Cl)c1Cl)Nc1ccccc1. The fourth-order valence-corrected chi connectivity index (χ4v) is 2.80. The van der Waals surface area contributed by atoms with Gasteiger partial charge in [-0.05, 0) is 12.1 Å². The molecule has 0 saturated carbocycles. The van der Waals surface area contributed by atoms with E-state index in [0.717, 1.165) is 0 Å². The van der Waals surface area contributed by atoms with Crippen LogP contribution in [0.3, 0.4) is 0 Å². The number of amides is 1. The van der Waals surface area contributed by atoms with Crippen LogP contribution in [0.25, 0.3) is 0 Å². The van der Waals surface area contributed by atoms with Gasteiger partial charge < -0.3 is 10.1 Å². The van der Waals surface area contributed by atoms with Crippen molar-refractivity contribution >= 4 is 69.6 Å². The van der Waals surface area contributed by atoms with E-state index in [1.807, 2.05) is 6.07 Å². The van der Waals surface area contributed by atoms with E-state index in [2.05, 4.69) is 5.32 Å². The average Bonchev–Trinajstić information content (AvgIpc) is 2.52. The Balaban J connectivity index is 2.10. The summed E-state index contributed by atoms with van der Waals surface area (Å²) in [6.07, 6.45) is 0. The lowest BCUT2D eigenvalue weighted by molar-refractivity contribution is -0.118. The predicted molar refractivity (Wildman–Crippen MR) is 92.1 cm³/mol. The average molecular weight is 399 g/mol. The molecular formula is C14H8Cl5NO2. The van der Waals surface area contributed by atoms with Crippen molar-refractivity contribution in [2.45, 2.75) is 0 Å². The molecule has 3 nitrogen and oxygen atoms in total. The second kappa shape index (κ2) is 7.62. The highest BCUT2D eigenvalue weighted by Gasteiger charge is 2.21. The van der Waals surface area contributed by atoms with Crippen molar-refractivity contribution in [1.29, 1.82) is 0 Å². The van der Waals surface area contributed by atoms with Gasteiger partial charge in [0, 0.05) is 5.69 Å². The molecule has 0 atom stereocenters. The van der Waals surface area contributed by atoms with Crippen LogP contribution in [0.5, 0.6) is 5.75 Å². The van der Waals surface area contributed by atoms with Crippen molar-refractivity contribution in [3.8, 4) is 5.75 Å². The number of benzene rings is 2. The van der Waals surface area contributed by atoms with Crippen molar-refractivity contribution in [1.82, 2.24) is 0 Å². The Morgan fingerprint density at radius 3 is 1.91 bits per heavy atom. The molecule has 0 spiro atoms. The molecule has 116 valence electrons. The van der Waals surface area contributed by atoms with Gasteiger partial charge in [0.1, 0.15) is 10.0 Å². The van der Waals surface area contributed by atoms with Crippen LogP contribution in [0.4, 0.5) is 5.69 Å². The molecule has 22 heavy (non-hydrogen) atoms. The monoisotopic (exact) mass is 397 g/mol. The maximum Gasteiger partial charge on any atom is 0.262 e. The van der Waals surface area contributed by atoms with E-state index in [1.165, 1.54) is 0 Å². The Hall–Kier alpha value is -0.840. The summed E-state index contributed by atoms with van der Waals surface area (Å²) in [4.78, 5) is 11.8. The van der Waals surface area contributed by atoms with E-state index in [4.69, 9.17) is 62.7 Å². The number of anilines is 1. The minimum atomic E-state index is -0.388. The van der Waals surface area contributed by atoms with Crippen molar-refractivity contribution in [3.63, 3.8) is 0 Å². The summed E-state index contributed by atoms with van der Waals surface area (Å²) in [5.74, 6) is -0.383. The topological polar surface area (TPSA) is 38.3 Å². The molecule has 0 aliphatic rings. The molecule has 0 bridgehead atoms. The number of para-hydroxylation sites is 1. The summed E-state index contributed by atoms with van der Waals surface area (Å²) in [5, 5.41) is 2.69. The number of rotatable bonds is 4. The number of hydrogen-bond donors (Lipinski definition) is 1. The van der Waals surface area contributed by atoms with Crippen molar-refractivity contribution in [3.05, 3.63) is 55.4 Å². The van der Waals surface area contributed by atoms with Crippen molar-refractivity contribution in [2.75, 3.05) is 11.9 Å². The molecule has 1 amide bonds. The minimum absolute atomic E-state index is 0.00550. The number of ether oxygens (including phenoxy) is 1. The van der Waals surface area contributed by atoms with Gasteiger partial charge in [-0.25, -0.2) is 0 Å². The van der Waals surface area contributed by atoms with Crippen LogP contribution in [0.1, 0.15) is 0 Å². The van der Waals surface area contributed by atoms with Crippen LogP contribution in [-0.2, 0) is 4.79 Å². The third-order valence-electron chi connectivity index (χ3n) is 2.57. The van der Waals surface area contributed by atoms with E-state index in [-0.39, 0.29) is 43.4 Å². The molecule has 0 radical (unpaired) electrons. The number of halogens is 5. The summed E-state index contributed by atoms with van der Waals surface area (Å²) < 4.78 is 5.31. The van der Waals surface area contributed by atoms with Gasteiger partial charge in [-0.2, -0.15) is 0 Å². The first-order valence-corrected chi connectivity index (χ1v) is 7.80. The lowest BCUT2D eigenvalue weighted by Gasteiger charge is -2.13. The van der Waals surface area contributed by atoms with Crippen molar-refractivity contribution in [2.24, 2.45) is 0 Å². The van der Waals surface area contributed by atoms with Gasteiger partial charge in [-0.15, -0.1) is 0 Å². The number of hydrogen-bond acceptors (Lipinski definition) is 2. The highest BCUT2D eigenvalue weighted by Crippen LogP contribution is 2.48. The van der Waals surface area contributed by atoms with Gasteiger partial charge in [0.2, 0.25) is 0 Å². The fraction of sp³-hybridized carbons (Fsp3) is 0.0714. The number of carbonyl (C=O) groups excluding carboxylic acids is 1. The zero-order valence-electron chi connectivity index (χ0n) is 10.8. The minimum Gasteiger partial charge on any atom is -0.481 e. The van der Waals surface area contributed by atoms with Crippen LogP contribution < -0.4 is 10.1 Å². The molecule has 2 aromatic rings. The lowest BCUT2D eigenvalue weighted by atomic mass is 10.3. The zero-order chi connectivity index (χ0) is 16.3. The van der Waals surface area contributed by atoms with Gasteiger partial charge in [-0.3, -0.25) is 4.79 Å². The molecule has 2 rings (SSSR count). The summed E-state index contributed by atoms with van der Waals surface area (Å²) in [5.41, 5.74) is 0.639. The van der Waals surface area contributed by atoms with Gasteiger partial charge in [0.25, 0.3) is 5.91 Å². The highest BCUT2D eigenvalue weighted by atomic mass is 35.5. The standard InChI is InChI=1S/C14H8Cl5NO2/c15-9-10(16)12(18)14(13(19)11(9)17)22-6-8(21)20-7-4-2-1-3-5-7/h1-5H,6H2,(H,20,21). The molecule has 0 aliphatic heterocycles. The van der Waals surface area contributed by atoms with E-state index in [9.17, 15) is 4.79 Å². The van der Waals surface area contributed by atoms with Crippen LogP contribution in [0.2, 0.25) is 25.1 Å². The smallest absolute Gasteiger partial charge is 0.262 e. The van der Waals surface area contributed by atoms with Crippen molar-refractivity contribution < 1.29 is 9.53 Å². The van der Waals surface area contributed by atoms with E-state index >= 15 is 0 Å². The van der Waals surface area contributed by atoms with Gasteiger partial charge in [0.15, 0.2) is 12.4 Å². The van der Waals surface area contributed by atoms with E-state index in [1.54, 1.807) is 24.3 Å². The second-order valence-corrected chi connectivity index (χ2v) is 5.99. The Labute approximate surface area is 152 Å². The normalized spacial score (nSPS) is 10.4. The fourth-order valence-electron chi connectivity index (χ4n) is 1.57. The molecular weight excluding hydrogens is 391 g/mol. The maximum atomic E-state index is 11.8. The highest BCUT2D eigenvalue weighted by molar-refractivity contribution is 6.55. The predicted octanol–water partition coefficient (Wildman–Crippen LogP) is 5.97. The van der Waals surface area contributed by atoms with Crippen LogP contribution in [-0.4, -0.2) is 12.5 Å². The molecule has 0 heterocycles. The zero-order valence-corrected chi connectivity index (χ0v) is 14.6. The lowest BCUT2D eigenvalue weighted by Crippen LogP contribution is -2.20. The van der Waals surface area contributed by atoms with Gasteiger partial charge >= 0.3 is 0 Å². The Kier molecular flexibility index (Phi) is 6.07. The summed E-state index contributed by atoms with van der Waals surface area (Å²) in [6.45, 7) is -0.317. The van der Waals surface area contributed by atoms with Crippen LogP contribution >= 0.6 is 58.0 Å².